The number of aromatic carboxylic acids is 1. The fraction of sp³-hybridized carbons (Fsp3) is 0.250. The highest BCUT2D eigenvalue weighted by molar-refractivity contribution is 5.88. The molecule has 0 fully saturated rings. The fourth-order valence-electron chi connectivity index (χ4n) is 2.11. The molecule has 4 nitrogen and oxygen atoms in total. The number of carbonyl (C=O) groups is 1. The number of aromatic nitrogens is 1. The van der Waals surface area contributed by atoms with Crippen LogP contribution in [0.5, 0.6) is 0 Å². The summed E-state index contributed by atoms with van der Waals surface area (Å²) >= 11 is 0. The Kier molecular flexibility index (Phi) is 4.03. The predicted molar refractivity (Wildman–Crippen MR) is 79.7 cm³/mol. The van der Waals surface area contributed by atoms with Crippen LogP contribution in [0.4, 0.5) is 11.5 Å². The van der Waals surface area contributed by atoms with Crippen LogP contribution in [-0.4, -0.2) is 16.1 Å². The topological polar surface area (TPSA) is 62.2 Å². The quantitative estimate of drug-likeness (QED) is 0.882. The normalized spacial score (nSPS) is 10.6. The van der Waals surface area contributed by atoms with E-state index in [9.17, 15) is 4.79 Å². The maximum Gasteiger partial charge on any atom is 0.335 e. The van der Waals surface area contributed by atoms with Crippen molar-refractivity contribution in [3.8, 4) is 0 Å². The summed E-state index contributed by atoms with van der Waals surface area (Å²) in [7, 11) is 0. The van der Waals surface area contributed by atoms with Gasteiger partial charge in [-0.2, -0.15) is 0 Å². The number of para-hydroxylation sites is 1. The van der Waals surface area contributed by atoms with Crippen molar-refractivity contribution in [3.63, 3.8) is 0 Å². The first-order valence-corrected chi connectivity index (χ1v) is 6.55. The van der Waals surface area contributed by atoms with Gasteiger partial charge in [0.1, 0.15) is 5.82 Å². The van der Waals surface area contributed by atoms with Gasteiger partial charge in [0, 0.05) is 11.4 Å². The largest absolute Gasteiger partial charge is 0.478 e. The highest BCUT2D eigenvalue weighted by atomic mass is 16.4. The van der Waals surface area contributed by atoms with Gasteiger partial charge >= 0.3 is 5.97 Å². The Morgan fingerprint density at radius 2 is 1.95 bits per heavy atom. The monoisotopic (exact) mass is 270 g/mol. The van der Waals surface area contributed by atoms with Crippen LogP contribution in [0.25, 0.3) is 0 Å². The minimum absolute atomic E-state index is 0.238. The summed E-state index contributed by atoms with van der Waals surface area (Å²) in [5.74, 6) is -0.0198. The molecule has 0 spiro atoms. The zero-order valence-electron chi connectivity index (χ0n) is 11.8. The van der Waals surface area contributed by atoms with Gasteiger partial charge in [-0.3, -0.25) is 0 Å². The maximum absolute atomic E-state index is 11.1. The maximum atomic E-state index is 11.1. The number of nitrogens with one attached hydrogen (secondary N) is 1. The number of anilines is 2. The Morgan fingerprint density at radius 1 is 1.25 bits per heavy atom. The van der Waals surface area contributed by atoms with Gasteiger partial charge in [-0.15, -0.1) is 0 Å². The molecular formula is C16H18N2O2. The van der Waals surface area contributed by atoms with E-state index in [-0.39, 0.29) is 5.56 Å². The third-order valence-corrected chi connectivity index (χ3v) is 3.05. The Bertz CT molecular complexity index is 636. The molecule has 0 saturated heterocycles. The van der Waals surface area contributed by atoms with E-state index in [1.54, 1.807) is 19.1 Å². The number of pyridine rings is 1. The summed E-state index contributed by atoms with van der Waals surface area (Å²) in [4.78, 5) is 15.4. The van der Waals surface area contributed by atoms with Crippen molar-refractivity contribution in [2.75, 3.05) is 5.32 Å². The van der Waals surface area contributed by atoms with Gasteiger partial charge < -0.3 is 10.4 Å². The Hall–Kier alpha value is -2.36. The number of carboxylic acids is 1. The Balaban J connectivity index is 2.37. The van der Waals surface area contributed by atoms with Gasteiger partial charge in [0.15, 0.2) is 0 Å². The van der Waals surface area contributed by atoms with Crippen molar-refractivity contribution >= 4 is 17.5 Å². The summed E-state index contributed by atoms with van der Waals surface area (Å²) in [5.41, 5.74) is 3.04. The molecule has 0 unspecified atom stereocenters. The molecule has 0 saturated carbocycles. The first kappa shape index (κ1) is 14.1. The van der Waals surface area contributed by atoms with Gasteiger partial charge in [-0.25, -0.2) is 9.78 Å². The second-order valence-corrected chi connectivity index (χ2v) is 5.05. The van der Waals surface area contributed by atoms with Gasteiger partial charge in [-0.1, -0.05) is 32.0 Å². The number of nitrogens with zero attached hydrogens (tertiary/aromatic N) is 1. The molecule has 1 aromatic heterocycles. The fourth-order valence-corrected chi connectivity index (χ4v) is 2.11. The highest BCUT2D eigenvalue weighted by Crippen LogP contribution is 2.26. The van der Waals surface area contributed by atoms with Crippen molar-refractivity contribution in [1.29, 1.82) is 0 Å². The number of aryl methyl sites for hydroxylation is 1. The summed E-state index contributed by atoms with van der Waals surface area (Å²) in [6.45, 7) is 6.02. The average molecular weight is 270 g/mol. The first-order chi connectivity index (χ1) is 9.47. The van der Waals surface area contributed by atoms with Crippen LogP contribution >= 0.6 is 0 Å². The van der Waals surface area contributed by atoms with Crippen LogP contribution in [0.2, 0.25) is 0 Å². The summed E-state index contributed by atoms with van der Waals surface area (Å²) in [6, 6.07) is 11.1. The Morgan fingerprint density at radius 3 is 2.60 bits per heavy atom. The second kappa shape index (κ2) is 5.74. The molecule has 0 aliphatic rings. The molecule has 0 bridgehead atoms. The summed E-state index contributed by atoms with van der Waals surface area (Å²) < 4.78 is 0. The third kappa shape index (κ3) is 3.15. The summed E-state index contributed by atoms with van der Waals surface area (Å²) in [5, 5.41) is 12.3. The minimum atomic E-state index is -0.948. The summed E-state index contributed by atoms with van der Waals surface area (Å²) in [6.07, 6.45) is 0. The van der Waals surface area contributed by atoms with E-state index < -0.39 is 5.97 Å². The Labute approximate surface area is 118 Å². The van der Waals surface area contributed by atoms with Crippen molar-refractivity contribution in [2.24, 2.45) is 0 Å². The van der Waals surface area contributed by atoms with E-state index >= 15 is 0 Å². The van der Waals surface area contributed by atoms with Crippen molar-refractivity contribution in [2.45, 2.75) is 26.7 Å². The van der Waals surface area contributed by atoms with Gasteiger partial charge in [0.05, 0.1) is 5.56 Å². The van der Waals surface area contributed by atoms with E-state index in [4.69, 9.17) is 5.11 Å². The van der Waals surface area contributed by atoms with Crippen LogP contribution in [0.15, 0.2) is 36.4 Å². The molecular weight excluding hydrogens is 252 g/mol. The molecule has 1 aromatic carbocycles. The number of hydrogen-bond acceptors (Lipinski definition) is 3. The van der Waals surface area contributed by atoms with E-state index in [1.165, 1.54) is 5.56 Å². The SMILES string of the molecule is Cc1cc(C(=O)O)cc(Nc2ccccc2C(C)C)n1. The number of rotatable bonds is 4. The molecule has 20 heavy (non-hydrogen) atoms. The zero-order valence-corrected chi connectivity index (χ0v) is 11.8. The molecule has 2 rings (SSSR count). The molecule has 2 N–H and O–H groups in total. The zero-order chi connectivity index (χ0) is 14.7. The first-order valence-electron chi connectivity index (χ1n) is 6.55. The van der Waals surface area contributed by atoms with Crippen LogP contribution in [0, 0.1) is 6.92 Å². The lowest BCUT2D eigenvalue weighted by molar-refractivity contribution is 0.0696. The van der Waals surface area contributed by atoms with Crippen LogP contribution < -0.4 is 5.32 Å². The number of benzene rings is 1. The predicted octanol–water partition coefficient (Wildman–Crippen LogP) is 3.96. The van der Waals surface area contributed by atoms with Gasteiger partial charge in [0.2, 0.25) is 0 Å². The second-order valence-electron chi connectivity index (χ2n) is 5.05. The molecule has 0 aliphatic carbocycles. The highest BCUT2D eigenvalue weighted by Gasteiger charge is 2.09. The van der Waals surface area contributed by atoms with Crippen molar-refractivity contribution < 1.29 is 9.90 Å². The van der Waals surface area contributed by atoms with Crippen LogP contribution in [0.3, 0.4) is 0 Å². The molecule has 0 aliphatic heterocycles. The molecule has 4 heteroatoms. The van der Waals surface area contributed by atoms with Crippen LogP contribution in [0.1, 0.15) is 41.4 Å². The van der Waals surface area contributed by atoms with E-state index in [0.29, 0.717) is 17.4 Å². The third-order valence-electron chi connectivity index (χ3n) is 3.05. The van der Waals surface area contributed by atoms with E-state index in [1.807, 2.05) is 18.2 Å². The van der Waals surface area contributed by atoms with E-state index in [2.05, 4.69) is 30.2 Å². The average Bonchev–Trinajstić information content (AvgIpc) is 2.38. The minimum Gasteiger partial charge on any atom is -0.478 e. The molecule has 104 valence electrons. The van der Waals surface area contributed by atoms with Crippen molar-refractivity contribution in [1.82, 2.24) is 4.98 Å². The van der Waals surface area contributed by atoms with E-state index in [0.717, 1.165) is 5.69 Å². The lowest BCUT2D eigenvalue weighted by atomic mass is 10.0. The van der Waals surface area contributed by atoms with Crippen molar-refractivity contribution in [3.05, 3.63) is 53.2 Å². The molecule has 0 radical (unpaired) electrons. The standard InChI is InChI=1S/C16H18N2O2/c1-10(2)13-6-4-5-7-14(13)18-15-9-12(16(19)20)8-11(3)17-15/h4-10H,1-3H3,(H,17,18)(H,19,20). The van der Waals surface area contributed by atoms with Gasteiger partial charge in [-0.05, 0) is 36.6 Å². The molecule has 0 atom stereocenters. The lowest BCUT2D eigenvalue weighted by Gasteiger charge is -2.14. The molecule has 1 heterocycles. The molecule has 2 aromatic rings. The molecule has 0 amide bonds. The lowest BCUT2D eigenvalue weighted by Crippen LogP contribution is -2.03. The van der Waals surface area contributed by atoms with Crippen LogP contribution in [-0.2, 0) is 0 Å². The number of carboxylic acid groups (broad SMARTS) is 1. The smallest absolute Gasteiger partial charge is 0.335 e. The van der Waals surface area contributed by atoms with Gasteiger partial charge in [0.25, 0.3) is 0 Å². The number of hydrogen-bond donors (Lipinski definition) is 2.